The Bertz CT molecular complexity index is 810. The third-order valence-electron chi connectivity index (χ3n) is 3.21. The number of hydrogen-bond donors (Lipinski definition) is 1. The van der Waals surface area contributed by atoms with Gasteiger partial charge in [0.15, 0.2) is 0 Å². The number of nitrogens with zero attached hydrogens (tertiary/aromatic N) is 1. The van der Waals surface area contributed by atoms with Crippen molar-refractivity contribution in [2.24, 2.45) is 0 Å². The molecule has 0 amide bonds. The lowest BCUT2D eigenvalue weighted by Gasteiger charge is -2.08. The van der Waals surface area contributed by atoms with Crippen molar-refractivity contribution in [1.82, 2.24) is 10.2 Å². The zero-order valence-electron chi connectivity index (χ0n) is 11.5. The van der Waals surface area contributed by atoms with Gasteiger partial charge in [-0.1, -0.05) is 18.2 Å². The minimum atomic E-state index is -0.196. The lowest BCUT2D eigenvalue weighted by atomic mass is 10.1. The molecular formula is C16H14N2O3. The number of hydrogen-bond acceptors (Lipinski definition) is 4. The van der Waals surface area contributed by atoms with Gasteiger partial charge in [-0.3, -0.25) is 4.79 Å². The van der Waals surface area contributed by atoms with E-state index in [0.717, 1.165) is 11.1 Å². The zero-order chi connectivity index (χ0) is 14.7. The van der Waals surface area contributed by atoms with E-state index in [-0.39, 0.29) is 12.2 Å². The topological polar surface area (TPSA) is 64.2 Å². The average Bonchev–Trinajstić information content (AvgIpc) is 2.55. The van der Waals surface area contributed by atoms with Crippen molar-refractivity contribution in [3.8, 4) is 11.5 Å². The molecule has 0 radical (unpaired) electrons. The van der Waals surface area contributed by atoms with E-state index in [1.54, 1.807) is 13.2 Å². The van der Waals surface area contributed by atoms with Crippen molar-refractivity contribution in [2.75, 3.05) is 7.11 Å². The standard InChI is InChI=1S/C16H14N2O3/c1-20-11-6-8-12(9-7-11)21-10-15-13-4-2-3-5-14(13)16(19)18-17-15/h2-9H,10H2,1H3,(H,18,19). The molecule has 0 saturated carbocycles. The van der Waals surface area contributed by atoms with Crippen LogP contribution in [-0.2, 0) is 6.61 Å². The van der Waals surface area contributed by atoms with Crippen LogP contribution in [0.4, 0.5) is 0 Å². The van der Waals surface area contributed by atoms with Crippen molar-refractivity contribution in [1.29, 1.82) is 0 Å². The van der Waals surface area contributed by atoms with Gasteiger partial charge in [-0.25, -0.2) is 5.10 Å². The summed E-state index contributed by atoms with van der Waals surface area (Å²) in [5, 5.41) is 7.97. The second-order valence-electron chi connectivity index (χ2n) is 4.51. The predicted octanol–water partition coefficient (Wildman–Crippen LogP) is 2.51. The number of aromatic amines is 1. The van der Waals surface area contributed by atoms with Crippen molar-refractivity contribution in [3.63, 3.8) is 0 Å². The Morgan fingerprint density at radius 1 is 1.00 bits per heavy atom. The number of methoxy groups -OCH3 is 1. The van der Waals surface area contributed by atoms with Crippen LogP contribution in [-0.4, -0.2) is 17.3 Å². The number of rotatable bonds is 4. The molecule has 0 unspecified atom stereocenters. The molecule has 0 bridgehead atoms. The SMILES string of the molecule is COc1ccc(OCc2n[nH]c(=O)c3ccccc23)cc1. The average molecular weight is 282 g/mol. The summed E-state index contributed by atoms with van der Waals surface area (Å²) in [6, 6.07) is 14.6. The molecule has 0 fully saturated rings. The minimum absolute atomic E-state index is 0.196. The van der Waals surface area contributed by atoms with Crippen LogP contribution in [0.5, 0.6) is 11.5 Å². The molecule has 5 nitrogen and oxygen atoms in total. The van der Waals surface area contributed by atoms with Crippen LogP contribution in [0.3, 0.4) is 0 Å². The van der Waals surface area contributed by atoms with E-state index in [1.165, 1.54) is 0 Å². The predicted molar refractivity (Wildman–Crippen MR) is 79.7 cm³/mol. The molecule has 5 heteroatoms. The van der Waals surface area contributed by atoms with Gasteiger partial charge in [0.1, 0.15) is 23.8 Å². The van der Waals surface area contributed by atoms with Gasteiger partial charge in [-0.15, -0.1) is 0 Å². The van der Waals surface area contributed by atoms with Gasteiger partial charge in [-0.05, 0) is 30.3 Å². The van der Waals surface area contributed by atoms with Crippen molar-refractivity contribution < 1.29 is 9.47 Å². The molecule has 1 N–H and O–H groups in total. The Kier molecular flexibility index (Phi) is 3.55. The van der Waals surface area contributed by atoms with E-state index in [9.17, 15) is 4.79 Å². The summed E-state index contributed by atoms with van der Waals surface area (Å²) in [5.41, 5.74) is 0.500. The Balaban J connectivity index is 1.85. The molecule has 0 atom stereocenters. The van der Waals surface area contributed by atoms with E-state index in [2.05, 4.69) is 10.2 Å². The number of ether oxygens (including phenoxy) is 2. The van der Waals surface area contributed by atoms with E-state index in [4.69, 9.17) is 9.47 Å². The van der Waals surface area contributed by atoms with Crippen molar-refractivity contribution >= 4 is 10.8 Å². The number of H-pyrrole nitrogens is 1. The Morgan fingerprint density at radius 2 is 1.67 bits per heavy atom. The van der Waals surface area contributed by atoms with Gasteiger partial charge in [0.05, 0.1) is 12.5 Å². The maximum absolute atomic E-state index is 11.7. The van der Waals surface area contributed by atoms with Crippen LogP contribution >= 0.6 is 0 Å². The first-order chi connectivity index (χ1) is 10.3. The zero-order valence-corrected chi connectivity index (χ0v) is 11.5. The largest absolute Gasteiger partial charge is 0.497 e. The molecule has 0 aliphatic rings. The summed E-state index contributed by atoms with van der Waals surface area (Å²) >= 11 is 0. The highest BCUT2D eigenvalue weighted by atomic mass is 16.5. The fourth-order valence-corrected chi connectivity index (χ4v) is 2.11. The molecular weight excluding hydrogens is 268 g/mol. The molecule has 0 aliphatic heterocycles. The summed E-state index contributed by atoms with van der Waals surface area (Å²) in [7, 11) is 1.62. The number of nitrogens with one attached hydrogen (secondary N) is 1. The summed E-state index contributed by atoms with van der Waals surface area (Å²) < 4.78 is 10.8. The van der Waals surface area contributed by atoms with Gasteiger partial charge in [0.2, 0.25) is 0 Å². The van der Waals surface area contributed by atoms with Crippen LogP contribution in [0.25, 0.3) is 10.8 Å². The Hall–Kier alpha value is -2.82. The number of fused-ring (bicyclic) bond motifs is 1. The monoisotopic (exact) mass is 282 g/mol. The second-order valence-corrected chi connectivity index (χ2v) is 4.51. The Morgan fingerprint density at radius 3 is 2.38 bits per heavy atom. The van der Waals surface area contributed by atoms with Crippen LogP contribution in [0.1, 0.15) is 5.69 Å². The second kappa shape index (κ2) is 5.66. The Labute approximate surface area is 121 Å². The van der Waals surface area contributed by atoms with Crippen molar-refractivity contribution in [2.45, 2.75) is 6.61 Å². The smallest absolute Gasteiger partial charge is 0.272 e. The maximum Gasteiger partial charge on any atom is 0.272 e. The fraction of sp³-hybridized carbons (Fsp3) is 0.125. The van der Waals surface area contributed by atoms with E-state index < -0.39 is 0 Å². The quantitative estimate of drug-likeness (QED) is 0.798. The van der Waals surface area contributed by atoms with Crippen molar-refractivity contribution in [3.05, 3.63) is 64.6 Å². The minimum Gasteiger partial charge on any atom is -0.497 e. The van der Waals surface area contributed by atoms with E-state index in [1.807, 2.05) is 42.5 Å². The third-order valence-corrected chi connectivity index (χ3v) is 3.21. The van der Waals surface area contributed by atoms with E-state index >= 15 is 0 Å². The first-order valence-corrected chi connectivity index (χ1v) is 6.51. The maximum atomic E-state index is 11.7. The summed E-state index contributed by atoms with van der Waals surface area (Å²) in [6.45, 7) is 0.281. The normalized spacial score (nSPS) is 10.5. The molecule has 0 saturated heterocycles. The van der Waals surface area contributed by atoms with Crippen LogP contribution < -0.4 is 15.0 Å². The van der Waals surface area contributed by atoms with Gasteiger partial charge in [0.25, 0.3) is 5.56 Å². The molecule has 21 heavy (non-hydrogen) atoms. The molecule has 1 aromatic heterocycles. The van der Waals surface area contributed by atoms with Gasteiger partial charge >= 0.3 is 0 Å². The highest BCUT2D eigenvalue weighted by Crippen LogP contribution is 2.19. The van der Waals surface area contributed by atoms with Crippen LogP contribution in [0.15, 0.2) is 53.3 Å². The first kappa shape index (κ1) is 13.2. The molecule has 106 valence electrons. The lowest BCUT2D eigenvalue weighted by Crippen LogP contribution is -2.12. The summed E-state index contributed by atoms with van der Waals surface area (Å²) in [5.74, 6) is 1.49. The third kappa shape index (κ3) is 2.72. The lowest BCUT2D eigenvalue weighted by molar-refractivity contribution is 0.301. The van der Waals surface area contributed by atoms with Crippen LogP contribution in [0.2, 0.25) is 0 Å². The molecule has 1 heterocycles. The van der Waals surface area contributed by atoms with Gasteiger partial charge < -0.3 is 9.47 Å². The van der Waals surface area contributed by atoms with Crippen LogP contribution in [0, 0.1) is 0 Å². The molecule has 3 rings (SSSR count). The number of benzene rings is 2. The summed E-state index contributed by atoms with van der Waals surface area (Å²) in [6.07, 6.45) is 0. The molecule has 2 aromatic carbocycles. The number of aromatic nitrogens is 2. The summed E-state index contributed by atoms with van der Waals surface area (Å²) in [4.78, 5) is 11.7. The molecule has 0 spiro atoms. The van der Waals surface area contributed by atoms with E-state index in [0.29, 0.717) is 16.8 Å². The van der Waals surface area contributed by atoms with Gasteiger partial charge in [-0.2, -0.15) is 5.10 Å². The molecule has 3 aromatic rings. The highest BCUT2D eigenvalue weighted by Gasteiger charge is 2.06. The molecule has 0 aliphatic carbocycles. The highest BCUT2D eigenvalue weighted by molar-refractivity contribution is 5.83. The van der Waals surface area contributed by atoms with Gasteiger partial charge in [0, 0.05) is 5.39 Å². The first-order valence-electron chi connectivity index (χ1n) is 6.51. The fourth-order valence-electron chi connectivity index (χ4n) is 2.11.